The Morgan fingerprint density at radius 1 is 1.00 bits per heavy atom. The van der Waals surface area contributed by atoms with Gasteiger partial charge in [-0.25, -0.2) is 0 Å². The number of benzene rings is 3. The van der Waals surface area contributed by atoms with Crippen molar-refractivity contribution < 1.29 is 9.90 Å². The van der Waals surface area contributed by atoms with Crippen LogP contribution < -0.4 is 0 Å². The van der Waals surface area contributed by atoms with E-state index in [0.29, 0.717) is 34.7 Å². The molecule has 1 unspecified atom stereocenters. The van der Waals surface area contributed by atoms with E-state index < -0.39 is 5.72 Å². The summed E-state index contributed by atoms with van der Waals surface area (Å²) >= 11 is 6.28. The summed E-state index contributed by atoms with van der Waals surface area (Å²) in [5.74, 6) is -0.165. The molecule has 0 bridgehead atoms. The SMILES string of the molecule is Cc1cccc(C2(O)c3ccccc3C(=O)N2CCc2ccccc2Cl)c1. The van der Waals surface area contributed by atoms with Gasteiger partial charge in [0, 0.05) is 28.3 Å². The van der Waals surface area contributed by atoms with Crippen molar-refractivity contribution in [3.63, 3.8) is 0 Å². The predicted octanol–water partition coefficient (Wildman–Crippen LogP) is 4.54. The van der Waals surface area contributed by atoms with E-state index in [1.54, 1.807) is 11.0 Å². The van der Waals surface area contributed by atoms with Crippen LogP contribution in [-0.2, 0) is 12.1 Å². The van der Waals surface area contributed by atoms with E-state index in [-0.39, 0.29) is 5.91 Å². The van der Waals surface area contributed by atoms with Crippen LogP contribution in [0.4, 0.5) is 0 Å². The van der Waals surface area contributed by atoms with Crippen LogP contribution in [0.3, 0.4) is 0 Å². The fourth-order valence-corrected chi connectivity index (χ4v) is 4.01. The summed E-state index contributed by atoms with van der Waals surface area (Å²) in [6.45, 7) is 2.34. The minimum Gasteiger partial charge on any atom is -0.363 e. The van der Waals surface area contributed by atoms with Crippen molar-refractivity contribution in [3.8, 4) is 0 Å². The molecular weight excluding hydrogens is 358 g/mol. The molecule has 0 aliphatic carbocycles. The van der Waals surface area contributed by atoms with Crippen molar-refractivity contribution in [3.05, 3.63) is 106 Å². The van der Waals surface area contributed by atoms with Crippen molar-refractivity contribution in [1.82, 2.24) is 4.90 Å². The lowest BCUT2D eigenvalue weighted by Crippen LogP contribution is -2.45. The number of aryl methyl sites for hydroxylation is 1. The minimum absolute atomic E-state index is 0.165. The van der Waals surface area contributed by atoms with Gasteiger partial charge in [-0.05, 0) is 31.0 Å². The van der Waals surface area contributed by atoms with Gasteiger partial charge in [-0.3, -0.25) is 4.79 Å². The number of nitrogens with zero attached hydrogens (tertiary/aromatic N) is 1. The quantitative estimate of drug-likeness (QED) is 0.725. The first-order valence-corrected chi connectivity index (χ1v) is 9.34. The zero-order valence-corrected chi connectivity index (χ0v) is 15.8. The molecule has 4 heteroatoms. The molecule has 0 spiro atoms. The molecule has 1 aliphatic rings. The second-order valence-electron chi connectivity index (χ2n) is 6.89. The average Bonchev–Trinajstić information content (AvgIpc) is 2.90. The standard InChI is InChI=1S/C23H20ClNO2/c1-16-7-6-9-18(15-16)23(27)20-11-4-3-10-19(20)22(26)25(23)14-13-17-8-2-5-12-21(17)24/h2-12,15,27H,13-14H2,1H3. The van der Waals surface area contributed by atoms with E-state index >= 15 is 0 Å². The van der Waals surface area contributed by atoms with Crippen LogP contribution in [0.15, 0.2) is 72.8 Å². The third-order valence-corrected chi connectivity index (χ3v) is 5.52. The first-order valence-electron chi connectivity index (χ1n) is 8.96. The van der Waals surface area contributed by atoms with Crippen LogP contribution >= 0.6 is 11.6 Å². The Kier molecular flexibility index (Phi) is 4.50. The Morgan fingerprint density at radius 2 is 1.74 bits per heavy atom. The van der Waals surface area contributed by atoms with Crippen LogP contribution in [-0.4, -0.2) is 22.5 Å². The van der Waals surface area contributed by atoms with Crippen LogP contribution in [0.25, 0.3) is 0 Å². The summed E-state index contributed by atoms with van der Waals surface area (Å²) in [5.41, 5.74) is 2.36. The van der Waals surface area contributed by atoms with Gasteiger partial charge in [-0.2, -0.15) is 0 Å². The Morgan fingerprint density at radius 3 is 2.52 bits per heavy atom. The highest BCUT2D eigenvalue weighted by atomic mass is 35.5. The Labute approximate surface area is 163 Å². The number of hydrogen-bond donors (Lipinski definition) is 1. The van der Waals surface area contributed by atoms with E-state index in [1.165, 1.54) is 0 Å². The molecular formula is C23H20ClNO2. The normalized spacial score (nSPS) is 18.6. The molecule has 27 heavy (non-hydrogen) atoms. The molecule has 1 N–H and O–H groups in total. The van der Waals surface area contributed by atoms with Gasteiger partial charge in [0.15, 0.2) is 5.72 Å². The zero-order valence-electron chi connectivity index (χ0n) is 15.0. The summed E-state index contributed by atoms with van der Waals surface area (Å²) in [6, 6.07) is 22.5. The molecule has 0 aromatic heterocycles. The molecule has 3 nitrogen and oxygen atoms in total. The predicted molar refractivity (Wildman–Crippen MR) is 107 cm³/mol. The van der Waals surface area contributed by atoms with Crippen molar-refractivity contribution in [1.29, 1.82) is 0 Å². The third kappa shape index (κ3) is 2.93. The molecule has 0 saturated heterocycles. The Bertz CT molecular complexity index is 1020. The number of rotatable bonds is 4. The number of amides is 1. The third-order valence-electron chi connectivity index (χ3n) is 5.15. The fourth-order valence-electron chi connectivity index (χ4n) is 3.78. The zero-order chi connectivity index (χ0) is 19.0. The minimum atomic E-state index is -1.49. The topological polar surface area (TPSA) is 40.5 Å². The van der Waals surface area contributed by atoms with Gasteiger partial charge in [-0.15, -0.1) is 0 Å². The molecule has 1 atom stereocenters. The molecule has 1 amide bonds. The van der Waals surface area contributed by atoms with Gasteiger partial charge in [-0.1, -0.05) is 77.8 Å². The summed E-state index contributed by atoms with van der Waals surface area (Å²) < 4.78 is 0. The first kappa shape index (κ1) is 17.8. The van der Waals surface area contributed by atoms with Crippen LogP contribution in [0.1, 0.15) is 32.6 Å². The Hall–Kier alpha value is -2.62. The molecule has 3 aromatic rings. The van der Waals surface area contributed by atoms with Crippen molar-refractivity contribution in [2.45, 2.75) is 19.1 Å². The monoisotopic (exact) mass is 377 g/mol. The number of halogens is 1. The maximum absolute atomic E-state index is 13.1. The van der Waals surface area contributed by atoms with Crippen molar-refractivity contribution in [2.24, 2.45) is 0 Å². The molecule has 4 rings (SSSR count). The largest absolute Gasteiger partial charge is 0.363 e. The van der Waals surface area contributed by atoms with Gasteiger partial charge >= 0.3 is 0 Å². The molecule has 136 valence electrons. The van der Waals surface area contributed by atoms with Crippen molar-refractivity contribution >= 4 is 17.5 Å². The first-order chi connectivity index (χ1) is 13.0. The number of hydrogen-bond acceptors (Lipinski definition) is 2. The molecule has 1 heterocycles. The lowest BCUT2D eigenvalue weighted by atomic mass is 9.92. The maximum atomic E-state index is 13.1. The van der Waals surface area contributed by atoms with Gasteiger partial charge < -0.3 is 10.0 Å². The van der Waals surface area contributed by atoms with Crippen LogP contribution in [0.2, 0.25) is 5.02 Å². The van der Waals surface area contributed by atoms with Gasteiger partial charge in [0.25, 0.3) is 5.91 Å². The molecule has 3 aromatic carbocycles. The van der Waals surface area contributed by atoms with E-state index in [4.69, 9.17) is 11.6 Å². The van der Waals surface area contributed by atoms with E-state index in [1.807, 2.05) is 73.7 Å². The Balaban J connectivity index is 1.77. The highest BCUT2D eigenvalue weighted by molar-refractivity contribution is 6.31. The fraction of sp³-hybridized carbons (Fsp3) is 0.174. The molecule has 0 radical (unpaired) electrons. The molecule has 1 aliphatic heterocycles. The van der Waals surface area contributed by atoms with Gasteiger partial charge in [0.05, 0.1) is 0 Å². The highest BCUT2D eigenvalue weighted by Gasteiger charge is 2.49. The summed E-state index contributed by atoms with van der Waals surface area (Å²) in [5, 5.41) is 12.5. The smallest absolute Gasteiger partial charge is 0.257 e. The summed E-state index contributed by atoms with van der Waals surface area (Å²) in [4.78, 5) is 14.7. The summed E-state index contributed by atoms with van der Waals surface area (Å²) in [6.07, 6.45) is 0.563. The van der Waals surface area contributed by atoms with Crippen molar-refractivity contribution in [2.75, 3.05) is 6.54 Å². The van der Waals surface area contributed by atoms with Crippen LogP contribution in [0, 0.1) is 6.92 Å². The lowest BCUT2D eigenvalue weighted by molar-refractivity contribution is -0.0494. The van der Waals surface area contributed by atoms with E-state index in [9.17, 15) is 9.90 Å². The second-order valence-corrected chi connectivity index (χ2v) is 7.29. The lowest BCUT2D eigenvalue weighted by Gasteiger charge is -2.35. The average molecular weight is 378 g/mol. The number of carbonyl (C=O) groups excluding carboxylic acids is 1. The van der Waals surface area contributed by atoms with Gasteiger partial charge in [0.2, 0.25) is 0 Å². The maximum Gasteiger partial charge on any atom is 0.257 e. The van der Waals surface area contributed by atoms with E-state index in [0.717, 1.165) is 11.1 Å². The summed E-state index contributed by atoms with van der Waals surface area (Å²) in [7, 11) is 0. The number of aliphatic hydroxyl groups is 1. The highest BCUT2D eigenvalue weighted by Crippen LogP contribution is 2.42. The van der Waals surface area contributed by atoms with E-state index in [2.05, 4.69) is 0 Å². The van der Waals surface area contributed by atoms with Gasteiger partial charge in [0.1, 0.15) is 0 Å². The number of carbonyl (C=O) groups is 1. The number of fused-ring (bicyclic) bond motifs is 1. The molecule has 0 fully saturated rings. The van der Waals surface area contributed by atoms with Crippen LogP contribution in [0.5, 0.6) is 0 Å². The second kappa shape index (κ2) is 6.84. The molecule has 0 saturated carbocycles.